The average molecular weight is 417 g/mol. The maximum absolute atomic E-state index is 12.4. The van der Waals surface area contributed by atoms with Crippen LogP contribution in [0.1, 0.15) is 18.9 Å². The van der Waals surface area contributed by atoms with E-state index in [0.29, 0.717) is 16.8 Å². The lowest BCUT2D eigenvalue weighted by Crippen LogP contribution is -2.32. The van der Waals surface area contributed by atoms with Crippen LogP contribution < -0.4 is 5.32 Å². The summed E-state index contributed by atoms with van der Waals surface area (Å²) >= 11 is 7.61. The van der Waals surface area contributed by atoms with Gasteiger partial charge in [0.25, 0.3) is 0 Å². The Balaban J connectivity index is 1.64. The van der Waals surface area contributed by atoms with E-state index in [0.717, 1.165) is 16.1 Å². The Morgan fingerprint density at radius 1 is 1.25 bits per heavy atom. The zero-order valence-electron chi connectivity index (χ0n) is 15.8. The van der Waals surface area contributed by atoms with E-state index in [4.69, 9.17) is 16.0 Å². The molecular weight excluding hydrogens is 396 g/mol. The highest BCUT2D eigenvalue weighted by Crippen LogP contribution is 2.26. The first-order chi connectivity index (χ1) is 13.5. The van der Waals surface area contributed by atoms with E-state index < -0.39 is 0 Å². The van der Waals surface area contributed by atoms with Crippen LogP contribution in [0.2, 0.25) is 5.02 Å². The lowest BCUT2D eigenvalue weighted by atomic mass is 10.2. The van der Waals surface area contributed by atoms with Gasteiger partial charge in [-0.1, -0.05) is 29.8 Å². The van der Waals surface area contributed by atoms with Crippen LogP contribution in [0, 0.1) is 0 Å². The second kappa shape index (κ2) is 9.23. The molecule has 1 aromatic heterocycles. The van der Waals surface area contributed by atoms with Crippen molar-refractivity contribution in [3.05, 3.63) is 59.4 Å². The van der Waals surface area contributed by atoms with E-state index in [-0.39, 0.29) is 18.5 Å². The summed E-state index contributed by atoms with van der Waals surface area (Å²) in [5.41, 5.74) is 1.56. The molecule has 146 valence electrons. The number of anilines is 1. The van der Waals surface area contributed by atoms with Gasteiger partial charge < -0.3 is 9.73 Å². The van der Waals surface area contributed by atoms with Gasteiger partial charge in [0.15, 0.2) is 0 Å². The first-order valence-electron chi connectivity index (χ1n) is 8.70. The molecule has 28 heavy (non-hydrogen) atoms. The van der Waals surface area contributed by atoms with Crippen LogP contribution in [-0.2, 0) is 4.79 Å². The molecule has 0 spiro atoms. The molecule has 0 unspecified atom stereocenters. The maximum atomic E-state index is 12.4. The van der Waals surface area contributed by atoms with E-state index in [1.165, 1.54) is 0 Å². The van der Waals surface area contributed by atoms with Gasteiger partial charge in [-0.2, -0.15) is 0 Å². The fourth-order valence-electron chi connectivity index (χ4n) is 2.63. The van der Waals surface area contributed by atoms with Gasteiger partial charge in [0.1, 0.15) is 0 Å². The van der Waals surface area contributed by atoms with Crippen LogP contribution in [0.4, 0.5) is 5.69 Å². The number of nitrogens with one attached hydrogen (secondary N) is 1. The van der Waals surface area contributed by atoms with Gasteiger partial charge >= 0.3 is 0 Å². The number of carbonyl (C=O) groups is 1. The van der Waals surface area contributed by atoms with Crippen molar-refractivity contribution >= 4 is 35.0 Å². The Kier molecular flexibility index (Phi) is 6.72. The van der Waals surface area contributed by atoms with E-state index in [9.17, 15) is 4.79 Å². The third-order valence-electron chi connectivity index (χ3n) is 4.30. The zero-order valence-corrected chi connectivity index (χ0v) is 17.4. The number of hydrogen-bond donors (Lipinski definition) is 1. The first kappa shape index (κ1) is 20.4. The molecule has 1 amide bonds. The molecule has 1 atom stereocenters. The number of nitrogens with zero attached hydrogens (tertiary/aromatic N) is 3. The van der Waals surface area contributed by atoms with Gasteiger partial charge in [-0.25, -0.2) is 0 Å². The topological polar surface area (TPSA) is 71.3 Å². The summed E-state index contributed by atoms with van der Waals surface area (Å²) in [5.74, 6) is 0.733. The third-order valence-corrected chi connectivity index (χ3v) is 5.34. The van der Waals surface area contributed by atoms with Gasteiger partial charge in [0, 0.05) is 15.5 Å². The summed E-state index contributed by atoms with van der Waals surface area (Å²) in [6.07, 6.45) is 1.98. The fourth-order valence-corrected chi connectivity index (χ4v) is 3.38. The predicted octanol–water partition coefficient (Wildman–Crippen LogP) is 4.74. The molecule has 3 rings (SSSR count). The molecule has 0 aliphatic carbocycles. The minimum absolute atomic E-state index is 0.106. The van der Waals surface area contributed by atoms with Crippen molar-refractivity contribution in [1.82, 2.24) is 15.1 Å². The molecular formula is C20H21ClN4O2S. The van der Waals surface area contributed by atoms with Crippen molar-refractivity contribution < 1.29 is 9.21 Å². The minimum Gasteiger partial charge on any atom is -0.419 e. The Labute approximate surface area is 173 Å². The number of hydrogen-bond acceptors (Lipinski definition) is 6. The SMILES string of the molecule is CSc1ccccc1NC(=O)CN(C)[C@H](C)c1nnc(-c2cccc(Cl)c2)o1. The second-order valence-electron chi connectivity index (χ2n) is 6.30. The maximum Gasteiger partial charge on any atom is 0.247 e. The number of aromatic nitrogens is 2. The molecule has 8 heteroatoms. The number of thioether (sulfide) groups is 1. The van der Waals surface area contributed by atoms with Crippen molar-refractivity contribution in [1.29, 1.82) is 0 Å². The van der Waals surface area contributed by atoms with Gasteiger partial charge in [0.2, 0.25) is 17.7 Å². The average Bonchev–Trinajstić information content (AvgIpc) is 3.18. The van der Waals surface area contributed by atoms with Crippen molar-refractivity contribution in [2.75, 3.05) is 25.2 Å². The lowest BCUT2D eigenvalue weighted by Gasteiger charge is -2.21. The quantitative estimate of drug-likeness (QED) is 0.561. The van der Waals surface area contributed by atoms with Gasteiger partial charge in [-0.3, -0.25) is 9.69 Å². The molecule has 1 heterocycles. The van der Waals surface area contributed by atoms with Crippen molar-refractivity contribution in [3.63, 3.8) is 0 Å². The smallest absolute Gasteiger partial charge is 0.247 e. The Hall–Kier alpha value is -2.35. The van der Waals surface area contributed by atoms with Crippen LogP contribution in [-0.4, -0.2) is 40.9 Å². The summed E-state index contributed by atoms with van der Waals surface area (Å²) in [4.78, 5) is 15.3. The number of carbonyl (C=O) groups excluding carboxylic acids is 1. The van der Waals surface area contributed by atoms with Gasteiger partial charge in [-0.05, 0) is 50.6 Å². The summed E-state index contributed by atoms with van der Waals surface area (Å²) in [7, 11) is 1.84. The van der Waals surface area contributed by atoms with Crippen molar-refractivity contribution in [3.8, 4) is 11.5 Å². The molecule has 0 saturated heterocycles. The Morgan fingerprint density at radius 2 is 2.04 bits per heavy atom. The molecule has 0 saturated carbocycles. The van der Waals surface area contributed by atoms with E-state index >= 15 is 0 Å². The van der Waals surface area contributed by atoms with Crippen LogP contribution in [0.25, 0.3) is 11.5 Å². The van der Waals surface area contributed by atoms with E-state index in [2.05, 4.69) is 15.5 Å². The fraction of sp³-hybridized carbons (Fsp3) is 0.250. The number of para-hydroxylation sites is 1. The molecule has 0 aliphatic heterocycles. The number of likely N-dealkylation sites (N-methyl/N-ethyl adjacent to an activating group) is 1. The molecule has 2 aromatic carbocycles. The number of amides is 1. The monoisotopic (exact) mass is 416 g/mol. The second-order valence-corrected chi connectivity index (χ2v) is 7.58. The summed E-state index contributed by atoms with van der Waals surface area (Å²) in [5, 5.41) is 11.8. The normalized spacial score (nSPS) is 12.2. The Morgan fingerprint density at radius 3 is 2.79 bits per heavy atom. The standard InChI is InChI=1S/C20H21ClN4O2S/c1-13(19-23-24-20(27-19)14-7-6-8-15(21)11-14)25(2)12-18(26)22-16-9-4-5-10-17(16)28-3/h4-11,13H,12H2,1-3H3,(H,22,26)/t13-/m1/s1. The molecule has 6 nitrogen and oxygen atoms in total. The largest absolute Gasteiger partial charge is 0.419 e. The number of benzene rings is 2. The molecule has 0 fully saturated rings. The van der Waals surface area contributed by atoms with Crippen LogP contribution in [0.15, 0.2) is 57.8 Å². The van der Waals surface area contributed by atoms with Gasteiger partial charge in [0.05, 0.1) is 18.3 Å². The molecule has 0 aliphatic rings. The van der Waals surface area contributed by atoms with Crippen LogP contribution in [0.3, 0.4) is 0 Å². The highest BCUT2D eigenvalue weighted by molar-refractivity contribution is 7.98. The van der Waals surface area contributed by atoms with Crippen molar-refractivity contribution in [2.45, 2.75) is 17.9 Å². The minimum atomic E-state index is -0.220. The van der Waals surface area contributed by atoms with Crippen LogP contribution >= 0.6 is 23.4 Å². The van der Waals surface area contributed by atoms with Gasteiger partial charge in [-0.15, -0.1) is 22.0 Å². The molecule has 3 aromatic rings. The highest BCUT2D eigenvalue weighted by Gasteiger charge is 2.21. The summed E-state index contributed by atoms with van der Waals surface area (Å²) < 4.78 is 5.79. The Bertz CT molecular complexity index is 963. The highest BCUT2D eigenvalue weighted by atomic mass is 35.5. The number of rotatable bonds is 7. The van der Waals surface area contributed by atoms with E-state index in [1.54, 1.807) is 23.9 Å². The summed E-state index contributed by atoms with van der Waals surface area (Å²) in [6, 6.07) is 14.7. The number of halogens is 1. The molecule has 1 N–H and O–H groups in total. The van der Waals surface area contributed by atoms with E-state index in [1.807, 2.05) is 61.5 Å². The summed E-state index contributed by atoms with van der Waals surface area (Å²) in [6.45, 7) is 2.11. The van der Waals surface area contributed by atoms with Crippen molar-refractivity contribution in [2.24, 2.45) is 0 Å². The van der Waals surface area contributed by atoms with Crippen LogP contribution in [0.5, 0.6) is 0 Å². The predicted molar refractivity (Wildman–Crippen MR) is 113 cm³/mol. The first-order valence-corrected chi connectivity index (χ1v) is 10.3. The lowest BCUT2D eigenvalue weighted by molar-refractivity contribution is -0.117. The molecule has 0 bridgehead atoms. The zero-order chi connectivity index (χ0) is 20.1. The third kappa shape index (κ3) is 4.92. The molecule has 0 radical (unpaired) electrons.